The Bertz CT molecular complexity index is 527. The van der Waals surface area contributed by atoms with Crippen LogP contribution in [0.3, 0.4) is 0 Å². The molecule has 1 aliphatic carbocycles. The predicted molar refractivity (Wildman–Crippen MR) is 64.1 cm³/mol. The first kappa shape index (κ1) is 15.1. The molecule has 21 heavy (non-hydrogen) atoms. The molecule has 0 saturated heterocycles. The minimum absolute atomic E-state index is 0.0541. The van der Waals surface area contributed by atoms with E-state index in [1.807, 2.05) is 0 Å². The fourth-order valence-corrected chi connectivity index (χ4v) is 1.39. The van der Waals surface area contributed by atoms with E-state index in [9.17, 15) is 22.8 Å². The van der Waals surface area contributed by atoms with Crippen LogP contribution in [0.5, 0.6) is 5.88 Å². The van der Waals surface area contributed by atoms with Crippen molar-refractivity contribution in [2.24, 2.45) is 5.92 Å². The number of halogens is 3. The number of carbonyl (C=O) groups is 2. The van der Waals surface area contributed by atoms with E-state index in [1.165, 1.54) is 6.07 Å². The number of rotatable bonds is 4. The molecule has 0 unspecified atom stereocenters. The van der Waals surface area contributed by atoms with Crippen LogP contribution in [-0.2, 0) is 4.79 Å². The summed E-state index contributed by atoms with van der Waals surface area (Å²) in [5.41, 5.74) is 4.54. The number of carbonyl (C=O) groups excluding carboxylic acids is 2. The molecule has 114 valence electrons. The summed E-state index contributed by atoms with van der Waals surface area (Å²) in [7, 11) is 0. The molecule has 0 bridgehead atoms. The maximum atomic E-state index is 11.9. The molecule has 2 amide bonds. The number of hydrogen-bond donors (Lipinski definition) is 2. The second kappa shape index (κ2) is 5.98. The van der Waals surface area contributed by atoms with Crippen LogP contribution < -0.4 is 15.6 Å². The van der Waals surface area contributed by atoms with Gasteiger partial charge in [-0.1, -0.05) is 0 Å². The molecule has 1 saturated carbocycles. The molecule has 1 aliphatic rings. The summed E-state index contributed by atoms with van der Waals surface area (Å²) in [6.07, 6.45) is -1.79. The van der Waals surface area contributed by atoms with E-state index >= 15 is 0 Å². The first-order chi connectivity index (χ1) is 9.85. The van der Waals surface area contributed by atoms with Crippen LogP contribution in [-0.4, -0.2) is 29.6 Å². The van der Waals surface area contributed by atoms with E-state index in [0.717, 1.165) is 25.1 Å². The molecule has 0 spiro atoms. The molecular weight excluding hydrogens is 291 g/mol. The Morgan fingerprint density at radius 2 is 2.00 bits per heavy atom. The number of ether oxygens (including phenoxy) is 1. The zero-order chi connectivity index (χ0) is 15.5. The number of pyridine rings is 1. The average molecular weight is 303 g/mol. The molecular formula is C12H12F3N3O3. The number of nitrogens with zero attached hydrogens (tertiary/aromatic N) is 1. The molecule has 1 fully saturated rings. The molecule has 1 aromatic rings. The zero-order valence-electron chi connectivity index (χ0n) is 10.7. The Balaban J connectivity index is 1.82. The maximum Gasteiger partial charge on any atom is 0.422 e. The lowest BCUT2D eigenvalue weighted by atomic mass is 10.3. The molecule has 0 aliphatic heterocycles. The van der Waals surface area contributed by atoms with Crippen LogP contribution in [0.1, 0.15) is 23.2 Å². The van der Waals surface area contributed by atoms with Crippen molar-refractivity contribution < 1.29 is 27.5 Å². The summed E-state index contributed by atoms with van der Waals surface area (Å²) >= 11 is 0. The van der Waals surface area contributed by atoms with Gasteiger partial charge < -0.3 is 4.74 Å². The van der Waals surface area contributed by atoms with E-state index in [1.54, 1.807) is 0 Å². The molecule has 1 aromatic heterocycles. The number of aromatic nitrogens is 1. The van der Waals surface area contributed by atoms with E-state index in [0.29, 0.717) is 0 Å². The van der Waals surface area contributed by atoms with Crippen molar-refractivity contribution in [2.45, 2.75) is 19.0 Å². The van der Waals surface area contributed by atoms with Gasteiger partial charge >= 0.3 is 6.18 Å². The highest BCUT2D eigenvalue weighted by Gasteiger charge is 2.30. The van der Waals surface area contributed by atoms with E-state index in [-0.39, 0.29) is 23.3 Å². The summed E-state index contributed by atoms with van der Waals surface area (Å²) in [6.45, 7) is -1.46. The quantitative estimate of drug-likeness (QED) is 0.819. The fourth-order valence-electron chi connectivity index (χ4n) is 1.39. The van der Waals surface area contributed by atoms with Crippen LogP contribution in [0.4, 0.5) is 13.2 Å². The lowest BCUT2D eigenvalue weighted by molar-refractivity contribution is -0.154. The van der Waals surface area contributed by atoms with Gasteiger partial charge in [-0.05, 0) is 18.9 Å². The Morgan fingerprint density at radius 3 is 2.52 bits per heavy atom. The van der Waals surface area contributed by atoms with Gasteiger partial charge in [0.1, 0.15) is 0 Å². The van der Waals surface area contributed by atoms with Crippen molar-refractivity contribution in [3.05, 3.63) is 23.9 Å². The van der Waals surface area contributed by atoms with Gasteiger partial charge in [0, 0.05) is 18.2 Å². The van der Waals surface area contributed by atoms with Gasteiger partial charge in [-0.25, -0.2) is 4.98 Å². The lowest BCUT2D eigenvalue weighted by Gasteiger charge is -2.09. The van der Waals surface area contributed by atoms with Crippen LogP contribution in [0, 0.1) is 5.92 Å². The third-order valence-electron chi connectivity index (χ3n) is 2.63. The average Bonchev–Trinajstić information content (AvgIpc) is 3.26. The highest BCUT2D eigenvalue weighted by atomic mass is 19.4. The third kappa shape index (κ3) is 4.93. The highest BCUT2D eigenvalue weighted by molar-refractivity contribution is 5.95. The Morgan fingerprint density at radius 1 is 1.29 bits per heavy atom. The van der Waals surface area contributed by atoms with E-state index in [2.05, 4.69) is 20.6 Å². The van der Waals surface area contributed by atoms with Crippen LogP contribution in [0.25, 0.3) is 0 Å². The summed E-state index contributed by atoms with van der Waals surface area (Å²) in [5, 5.41) is 0. The minimum atomic E-state index is -4.45. The van der Waals surface area contributed by atoms with Crippen molar-refractivity contribution in [1.82, 2.24) is 15.8 Å². The van der Waals surface area contributed by atoms with Crippen molar-refractivity contribution >= 4 is 11.8 Å². The maximum absolute atomic E-state index is 11.9. The topological polar surface area (TPSA) is 80.3 Å². The van der Waals surface area contributed by atoms with Crippen molar-refractivity contribution in [2.75, 3.05) is 6.61 Å². The van der Waals surface area contributed by atoms with Crippen molar-refractivity contribution in [3.63, 3.8) is 0 Å². The largest absolute Gasteiger partial charge is 0.468 e. The smallest absolute Gasteiger partial charge is 0.422 e. The second-order valence-corrected chi connectivity index (χ2v) is 4.51. The molecule has 1 heterocycles. The summed E-state index contributed by atoms with van der Waals surface area (Å²) in [5.74, 6) is -1.17. The predicted octanol–water partition coefficient (Wildman–Crippen LogP) is 1.19. The molecule has 0 atom stereocenters. The van der Waals surface area contributed by atoms with Gasteiger partial charge in [-0.2, -0.15) is 13.2 Å². The molecule has 2 N–H and O–H groups in total. The highest BCUT2D eigenvalue weighted by Crippen LogP contribution is 2.28. The summed E-state index contributed by atoms with van der Waals surface area (Å²) < 4.78 is 40.2. The number of nitrogens with one attached hydrogen (secondary N) is 2. The zero-order valence-corrected chi connectivity index (χ0v) is 10.7. The third-order valence-corrected chi connectivity index (χ3v) is 2.63. The second-order valence-electron chi connectivity index (χ2n) is 4.51. The first-order valence-electron chi connectivity index (χ1n) is 6.11. The molecule has 0 aromatic carbocycles. The number of alkyl halides is 3. The molecule has 2 rings (SSSR count). The summed E-state index contributed by atoms with van der Waals surface area (Å²) in [6, 6.07) is 2.39. The Kier molecular flexibility index (Phi) is 4.29. The van der Waals surface area contributed by atoms with Gasteiger partial charge in [0.15, 0.2) is 6.61 Å². The first-order valence-corrected chi connectivity index (χ1v) is 6.11. The van der Waals surface area contributed by atoms with Crippen molar-refractivity contribution in [1.29, 1.82) is 0 Å². The number of hydrogen-bond acceptors (Lipinski definition) is 4. The van der Waals surface area contributed by atoms with E-state index < -0.39 is 18.7 Å². The number of hydrazine groups is 1. The van der Waals surface area contributed by atoms with Gasteiger partial charge in [-0.15, -0.1) is 0 Å². The van der Waals surface area contributed by atoms with Gasteiger partial charge in [-0.3, -0.25) is 20.4 Å². The number of amides is 2. The molecule has 9 heteroatoms. The SMILES string of the molecule is O=C(NNC(=O)C1CC1)c1ccc(OCC(F)(F)F)nc1. The Hall–Kier alpha value is -2.32. The van der Waals surface area contributed by atoms with Crippen LogP contribution >= 0.6 is 0 Å². The van der Waals surface area contributed by atoms with Gasteiger partial charge in [0.05, 0.1) is 5.56 Å². The standard InChI is InChI=1S/C12H12F3N3O3/c13-12(14,15)6-21-9-4-3-8(5-16-9)11(20)18-17-10(19)7-1-2-7/h3-5,7H,1-2,6H2,(H,17,19)(H,18,20). The summed E-state index contributed by atoms with van der Waals surface area (Å²) in [4.78, 5) is 26.5. The fraction of sp³-hybridized carbons (Fsp3) is 0.417. The van der Waals surface area contributed by atoms with E-state index in [4.69, 9.17) is 0 Å². The van der Waals surface area contributed by atoms with Crippen LogP contribution in [0.2, 0.25) is 0 Å². The van der Waals surface area contributed by atoms with Crippen LogP contribution in [0.15, 0.2) is 18.3 Å². The molecule has 0 radical (unpaired) electrons. The Labute approximate surface area is 117 Å². The van der Waals surface area contributed by atoms with Gasteiger partial charge in [0.25, 0.3) is 5.91 Å². The van der Waals surface area contributed by atoms with Gasteiger partial charge in [0.2, 0.25) is 11.8 Å². The monoisotopic (exact) mass is 303 g/mol. The minimum Gasteiger partial charge on any atom is -0.468 e. The normalized spacial score (nSPS) is 14.4. The van der Waals surface area contributed by atoms with Crippen molar-refractivity contribution in [3.8, 4) is 5.88 Å². The molecule has 6 nitrogen and oxygen atoms in total. The lowest BCUT2D eigenvalue weighted by Crippen LogP contribution is -2.42.